The summed E-state index contributed by atoms with van der Waals surface area (Å²) in [6.07, 6.45) is 6.91. The fraction of sp³-hybridized carbons (Fsp3) is 0.889. The van der Waals surface area contributed by atoms with Crippen LogP contribution in [0.2, 0.25) is 0 Å². The summed E-state index contributed by atoms with van der Waals surface area (Å²) in [5, 5.41) is 6.28. The van der Waals surface area contributed by atoms with Crippen LogP contribution >= 0.6 is 0 Å². The van der Waals surface area contributed by atoms with Crippen LogP contribution in [0.4, 0.5) is 0 Å². The minimum Gasteiger partial charge on any atom is -0.356 e. The number of hydrogen-bond donors (Lipinski definition) is 2. The number of rotatable bonds is 6. The maximum absolute atomic E-state index is 11.9. The van der Waals surface area contributed by atoms with Crippen molar-refractivity contribution in [2.75, 3.05) is 13.1 Å². The molecule has 3 rings (SSSR count). The van der Waals surface area contributed by atoms with E-state index in [2.05, 4.69) is 24.5 Å². The number of amides is 2. The van der Waals surface area contributed by atoms with E-state index in [1.807, 2.05) is 0 Å². The van der Waals surface area contributed by atoms with Gasteiger partial charge in [-0.2, -0.15) is 0 Å². The molecule has 0 heterocycles. The molecule has 0 spiro atoms. The normalized spacial score (nSPS) is 39.9. The van der Waals surface area contributed by atoms with E-state index in [0.29, 0.717) is 23.7 Å². The Kier molecular flexibility index (Phi) is 4.74. The third-order valence-corrected chi connectivity index (χ3v) is 5.91. The van der Waals surface area contributed by atoms with Gasteiger partial charge in [-0.05, 0) is 55.8 Å². The monoisotopic (exact) mass is 306 g/mol. The molecule has 4 nitrogen and oxygen atoms in total. The summed E-state index contributed by atoms with van der Waals surface area (Å²) in [5.74, 6) is 3.41. The van der Waals surface area contributed by atoms with Crippen molar-refractivity contribution >= 4 is 11.8 Å². The van der Waals surface area contributed by atoms with E-state index in [1.165, 1.54) is 19.3 Å². The first-order valence-electron chi connectivity index (χ1n) is 9.10. The molecule has 0 aromatic heterocycles. The lowest BCUT2D eigenvalue weighted by molar-refractivity contribution is -0.123. The molecule has 0 saturated heterocycles. The minimum absolute atomic E-state index is 0.255. The molecule has 3 fully saturated rings. The Morgan fingerprint density at radius 1 is 0.818 bits per heavy atom. The largest absolute Gasteiger partial charge is 0.356 e. The molecule has 3 aliphatic carbocycles. The molecule has 6 atom stereocenters. The van der Waals surface area contributed by atoms with Crippen LogP contribution in [0.3, 0.4) is 0 Å². The van der Waals surface area contributed by atoms with Crippen LogP contribution < -0.4 is 10.6 Å². The summed E-state index contributed by atoms with van der Waals surface area (Å²) in [4.78, 5) is 23.8. The highest BCUT2D eigenvalue weighted by molar-refractivity contribution is 5.81. The molecule has 3 saturated carbocycles. The molecule has 22 heavy (non-hydrogen) atoms. The van der Waals surface area contributed by atoms with Gasteiger partial charge in [0.2, 0.25) is 11.8 Å². The van der Waals surface area contributed by atoms with Gasteiger partial charge in [0.05, 0.1) is 0 Å². The van der Waals surface area contributed by atoms with Gasteiger partial charge in [0.25, 0.3) is 0 Å². The zero-order valence-electron chi connectivity index (χ0n) is 13.9. The zero-order valence-corrected chi connectivity index (χ0v) is 13.9. The molecule has 0 aliphatic heterocycles. The van der Waals surface area contributed by atoms with Gasteiger partial charge in [-0.15, -0.1) is 0 Å². The van der Waals surface area contributed by atoms with Crippen LogP contribution in [-0.4, -0.2) is 24.9 Å². The van der Waals surface area contributed by atoms with Gasteiger partial charge < -0.3 is 10.6 Å². The first kappa shape index (κ1) is 15.8. The average molecular weight is 306 g/mol. The van der Waals surface area contributed by atoms with Gasteiger partial charge >= 0.3 is 0 Å². The van der Waals surface area contributed by atoms with Crippen molar-refractivity contribution in [1.29, 1.82) is 0 Å². The molecule has 0 aromatic rings. The Labute approximate surface area is 133 Å². The predicted octanol–water partition coefficient (Wildman–Crippen LogP) is 2.34. The number of nitrogens with one attached hydrogen (secondary N) is 2. The lowest BCUT2D eigenvalue weighted by atomic mass is 9.81. The van der Waals surface area contributed by atoms with Crippen molar-refractivity contribution < 1.29 is 9.59 Å². The molecule has 2 amide bonds. The van der Waals surface area contributed by atoms with E-state index in [9.17, 15) is 9.59 Å². The highest BCUT2D eigenvalue weighted by Gasteiger charge is 2.40. The Bertz CT molecular complexity index is 399. The highest BCUT2D eigenvalue weighted by Crippen LogP contribution is 2.38. The Hall–Kier alpha value is -1.06. The van der Waals surface area contributed by atoms with Crippen molar-refractivity contribution in [3.63, 3.8) is 0 Å². The van der Waals surface area contributed by atoms with E-state index in [0.717, 1.165) is 32.4 Å². The summed E-state index contributed by atoms with van der Waals surface area (Å²) in [6, 6.07) is 0. The smallest absolute Gasteiger partial charge is 0.223 e. The van der Waals surface area contributed by atoms with Crippen molar-refractivity contribution in [3.8, 4) is 0 Å². The van der Waals surface area contributed by atoms with E-state index in [4.69, 9.17) is 0 Å². The maximum atomic E-state index is 11.9. The van der Waals surface area contributed by atoms with Gasteiger partial charge in [-0.25, -0.2) is 0 Å². The SMILES string of the molecule is C[C@@H]1C[C@@H]1C(=O)NC[C@@H]1CCC[C@@H](CNC(=O)[C@@H]2C[C@@H]2C)C1. The van der Waals surface area contributed by atoms with E-state index < -0.39 is 0 Å². The van der Waals surface area contributed by atoms with Crippen molar-refractivity contribution in [2.45, 2.75) is 52.4 Å². The molecule has 0 bridgehead atoms. The van der Waals surface area contributed by atoms with E-state index in [1.54, 1.807) is 0 Å². The van der Waals surface area contributed by atoms with Gasteiger partial charge in [0, 0.05) is 24.9 Å². The number of hydrogen-bond acceptors (Lipinski definition) is 2. The van der Waals surface area contributed by atoms with Crippen molar-refractivity contribution in [2.24, 2.45) is 35.5 Å². The molecule has 2 N–H and O–H groups in total. The van der Waals surface area contributed by atoms with Crippen LogP contribution in [0.25, 0.3) is 0 Å². The summed E-state index contributed by atoms with van der Waals surface area (Å²) in [5.41, 5.74) is 0. The first-order chi connectivity index (χ1) is 10.5. The fourth-order valence-electron chi connectivity index (χ4n) is 3.90. The average Bonchev–Trinajstić information content (AvgIpc) is 3.41. The Morgan fingerprint density at radius 2 is 1.23 bits per heavy atom. The number of carbonyl (C=O) groups excluding carboxylic acids is 2. The Balaban J connectivity index is 1.34. The quantitative estimate of drug-likeness (QED) is 0.791. The van der Waals surface area contributed by atoms with E-state index >= 15 is 0 Å². The molecule has 124 valence electrons. The topological polar surface area (TPSA) is 58.2 Å². The molecule has 3 aliphatic rings. The highest BCUT2D eigenvalue weighted by atomic mass is 16.2. The molecular formula is C18H30N2O2. The third kappa shape index (κ3) is 4.02. The van der Waals surface area contributed by atoms with Crippen LogP contribution in [-0.2, 0) is 9.59 Å². The van der Waals surface area contributed by atoms with Crippen LogP contribution in [0, 0.1) is 35.5 Å². The second kappa shape index (κ2) is 6.59. The van der Waals surface area contributed by atoms with Crippen molar-refractivity contribution in [1.82, 2.24) is 10.6 Å². The molecule has 0 radical (unpaired) electrons. The summed E-state index contributed by atoms with van der Waals surface area (Å²) >= 11 is 0. The second-order valence-electron chi connectivity index (χ2n) is 8.03. The fourth-order valence-corrected chi connectivity index (χ4v) is 3.90. The van der Waals surface area contributed by atoms with Gasteiger partial charge in [-0.3, -0.25) is 9.59 Å². The zero-order chi connectivity index (χ0) is 15.7. The molecule has 0 aromatic carbocycles. The van der Waals surface area contributed by atoms with Crippen LogP contribution in [0.5, 0.6) is 0 Å². The standard InChI is InChI=1S/C18H30N2O2/c1-11-6-15(11)17(21)19-9-13-4-3-5-14(8-13)10-20-18(22)16-7-12(16)2/h11-16H,3-10H2,1-2H3,(H,19,21)(H,20,22)/t11-,12+,13-,14-,15+,16-/m1/s1. The number of carbonyl (C=O) groups is 2. The Morgan fingerprint density at radius 3 is 1.59 bits per heavy atom. The summed E-state index contributed by atoms with van der Waals surface area (Å²) in [6.45, 7) is 5.94. The van der Waals surface area contributed by atoms with Crippen molar-refractivity contribution in [3.05, 3.63) is 0 Å². The lowest BCUT2D eigenvalue weighted by Crippen LogP contribution is -2.36. The third-order valence-electron chi connectivity index (χ3n) is 5.91. The van der Waals surface area contributed by atoms with Gasteiger partial charge in [0.15, 0.2) is 0 Å². The van der Waals surface area contributed by atoms with Crippen LogP contribution in [0.15, 0.2) is 0 Å². The van der Waals surface area contributed by atoms with Crippen LogP contribution in [0.1, 0.15) is 52.4 Å². The predicted molar refractivity (Wildman–Crippen MR) is 86.0 cm³/mol. The molecule has 4 heteroatoms. The summed E-state index contributed by atoms with van der Waals surface area (Å²) < 4.78 is 0. The summed E-state index contributed by atoms with van der Waals surface area (Å²) in [7, 11) is 0. The van der Waals surface area contributed by atoms with Gasteiger partial charge in [0.1, 0.15) is 0 Å². The minimum atomic E-state index is 0.255. The first-order valence-corrected chi connectivity index (χ1v) is 9.10. The molecular weight excluding hydrogens is 276 g/mol. The molecule has 0 unspecified atom stereocenters. The lowest BCUT2D eigenvalue weighted by Gasteiger charge is -2.29. The van der Waals surface area contributed by atoms with Gasteiger partial charge in [-0.1, -0.05) is 20.3 Å². The van der Waals surface area contributed by atoms with E-state index in [-0.39, 0.29) is 23.7 Å². The second-order valence-corrected chi connectivity index (χ2v) is 8.03. The maximum Gasteiger partial charge on any atom is 0.223 e.